The van der Waals surface area contributed by atoms with Gasteiger partial charge < -0.3 is 0 Å². The molecule has 0 atom stereocenters. The third-order valence-electron chi connectivity index (χ3n) is 4.90. The van der Waals surface area contributed by atoms with Gasteiger partial charge in [0.25, 0.3) is 0 Å². The zero-order chi connectivity index (χ0) is 14.6. The van der Waals surface area contributed by atoms with E-state index in [0.29, 0.717) is 23.7 Å². The minimum Gasteiger partial charge on any atom is -0.269 e. The van der Waals surface area contributed by atoms with Crippen LogP contribution >= 0.6 is 23.2 Å². The van der Waals surface area contributed by atoms with E-state index in [9.17, 15) is 0 Å². The molecule has 2 rings (SSSR count). The smallest absolute Gasteiger partial charge is 0.0631 e. The van der Waals surface area contributed by atoms with Crippen LogP contribution in [-0.2, 0) is 6.42 Å². The van der Waals surface area contributed by atoms with Crippen LogP contribution in [0.4, 0.5) is 0 Å². The number of aromatic nitrogens is 2. The maximum atomic E-state index is 6.21. The average molecular weight is 317 g/mol. The van der Waals surface area contributed by atoms with Crippen molar-refractivity contribution in [2.24, 2.45) is 11.3 Å². The molecule has 0 aliphatic heterocycles. The zero-order valence-corrected chi connectivity index (χ0v) is 14.1. The van der Waals surface area contributed by atoms with Gasteiger partial charge in [-0.15, -0.1) is 23.2 Å². The van der Waals surface area contributed by atoms with Gasteiger partial charge in [0.05, 0.1) is 11.7 Å². The van der Waals surface area contributed by atoms with Crippen molar-refractivity contribution in [3.63, 3.8) is 0 Å². The van der Waals surface area contributed by atoms with Gasteiger partial charge in [0, 0.05) is 23.4 Å². The summed E-state index contributed by atoms with van der Waals surface area (Å²) in [5.74, 6) is 1.63. The van der Waals surface area contributed by atoms with Gasteiger partial charge in [-0.25, -0.2) is 0 Å². The van der Waals surface area contributed by atoms with Crippen LogP contribution in [0.1, 0.15) is 57.7 Å². The van der Waals surface area contributed by atoms with Crippen molar-refractivity contribution < 1.29 is 0 Å². The van der Waals surface area contributed by atoms with Gasteiger partial charge in [0.15, 0.2) is 0 Å². The third-order valence-corrected chi connectivity index (χ3v) is 5.97. The van der Waals surface area contributed by atoms with Crippen molar-refractivity contribution in [2.75, 3.05) is 11.8 Å². The Bertz CT molecular complexity index is 404. The highest BCUT2D eigenvalue weighted by molar-refractivity contribution is 6.21. The van der Waals surface area contributed by atoms with E-state index < -0.39 is 0 Å². The maximum Gasteiger partial charge on any atom is 0.0631 e. The first-order valence-corrected chi connectivity index (χ1v) is 8.84. The van der Waals surface area contributed by atoms with E-state index in [4.69, 9.17) is 28.3 Å². The van der Waals surface area contributed by atoms with Crippen molar-refractivity contribution >= 4 is 23.2 Å². The lowest BCUT2D eigenvalue weighted by molar-refractivity contribution is 0.254. The summed E-state index contributed by atoms with van der Waals surface area (Å²) in [6.07, 6.45) is 9.58. The number of rotatable bonds is 6. The minimum absolute atomic E-state index is 0.0468. The molecule has 0 spiro atoms. The average Bonchev–Trinajstić information content (AvgIpc) is 2.94. The normalized spacial score (nSPS) is 17.9. The fourth-order valence-corrected chi connectivity index (χ4v) is 4.12. The molecule has 1 fully saturated rings. The minimum atomic E-state index is -0.0468. The Morgan fingerprint density at radius 2 is 1.90 bits per heavy atom. The molecule has 1 aromatic heterocycles. The van der Waals surface area contributed by atoms with E-state index in [-0.39, 0.29) is 5.41 Å². The quantitative estimate of drug-likeness (QED) is 0.671. The summed E-state index contributed by atoms with van der Waals surface area (Å²) >= 11 is 12.4. The Hall–Kier alpha value is -0.210. The molecule has 1 aromatic rings. The maximum absolute atomic E-state index is 6.21. The number of hydrogen-bond acceptors (Lipinski definition) is 1. The number of alkyl halides is 2. The van der Waals surface area contributed by atoms with E-state index in [0.717, 1.165) is 12.1 Å². The molecule has 20 heavy (non-hydrogen) atoms. The fraction of sp³-hybridized carbons (Fsp3) is 0.812. The largest absolute Gasteiger partial charge is 0.269 e. The summed E-state index contributed by atoms with van der Waals surface area (Å²) in [5.41, 5.74) is 1.08. The topological polar surface area (TPSA) is 17.8 Å². The fourth-order valence-electron chi connectivity index (χ4n) is 3.02. The second kappa shape index (κ2) is 7.17. The molecule has 0 amide bonds. The Kier molecular flexibility index (Phi) is 5.80. The highest BCUT2D eigenvalue weighted by atomic mass is 35.5. The predicted molar refractivity (Wildman–Crippen MR) is 86.8 cm³/mol. The van der Waals surface area contributed by atoms with Crippen LogP contribution in [0.25, 0.3) is 0 Å². The van der Waals surface area contributed by atoms with E-state index in [1.54, 1.807) is 0 Å². The first kappa shape index (κ1) is 16.2. The first-order valence-electron chi connectivity index (χ1n) is 7.77. The van der Waals surface area contributed by atoms with E-state index in [1.807, 2.05) is 0 Å². The third kappa shape index (κ3) is 3.51. The Morgan fingerprint density at radius 1 is 1.25 bits per heavy atom. The van der Waals surface area contributed by atoms with Gasteiger partial charge in [0.2, 0.25) is 0 Å². The molecule has 1 saturated carbocycles. The number of halogens is 2. The van der Waals surface area contributed by atoms with Crippen molar-refractivity contribution in [3.05, 3.63) is 18.0 Å². The van der Waals surface area contributed by atoms with Crippen LogP contribution in [0.15, 0.2) is 12.3 Å². The highest BCUT2D eigenvalue weighted by Crippen LogP contribution is 2.35. The van der Waals surface area contributed by atoms with E-state index in [2.05, 4.69) is 30.8 Å². The van der Waals surface area contributed by atoms with Crippen LogP contribution in [0.2, 0.25) is 0 Å². The highest BCUT2D eigenvalue weighted by Gasteiger charge is 2.33. The molecule has 0 radical (unpaired) electrons. The number of hydrogen-bond donors (Lipinski definition) is 0. The summed E-state index contributed by atoms with van der Waals surface area (Å²) in [7, 11) is 0. The predicted octanol–water partition coefficient (Wildman–Crippen LogP) is 5.05. The first-order chi connectivity index (χ1) is 9.61. The van der Waals surface area contributed by atoms with Crippen LogP contribution < -0.4 is 0 Å². The molecule has 0 unspecified atom stereocenters. The lowest BCUT2D eigenvalue weighted by atomic mass is 9.77. The van der Waals surface area contributed by atoms with Gasteiger partial charge in [-0.3, -0.25) is 4.68 Å². The second-order valence-electron chi connectivity index (χ2n) is 6.54. The molecule has 114 valence electrons. The van der Waals surface area contributed by atoms with Crippen LogP contribution in [0, 0.1) is 11.3 Å². The van der Waals surface area contributed by atoms with Crippen molar-refractivity contribution in [3.8, 4) is 0 Å². The molecule has 0 aromatic carbocycles. The van der Waals surface area contributed by atoms with Crippen molar-refractivity contribution in [2.45, 2.75) is 58.4 Å². The summed E-state index contributed by atoms with van der Waals surface area (Å²) in [6.45, 7) is 4.39. The Morgan fingerprint density at radius 3 is 2.45 bits per heavy atom. The van der Waals surface area contributed by atoms with Gasteiger partial charge >= 0.3 is 0 Å². The molecule has 1 aliphatic rings. The SMILES string of the molecule is CC(C)C(CCl)(CCl)Cc1ccn(C2CCCCC2)n1. The van der Waals surface area contributed by atoms with Crippen LogP contribution in [0.5, 0.6) is 0 Å². The molecule has 4 heteroatoms. The van der Waals surface area contributed by atoms with Gasteiger partial charge in [-0.1, -0.05) is 33.1 Å². The summed E-state index contributed by atoms with van der Waals surface area (Å²) in [5, 5.41) is 4.80. The van der Waals surface area contributed by atoms with Gasteiger partial charge in [-0.05, 0) is 31.2 Å². The van der Waals surface area contributed by atoms with E-state index >= 15 is 0 Å². The number of nitrogens with zero attached hydrogens (tertiary/aromatic N) is 2. The molecule has 0 saturated heterocycles. The summed E-state index contributed by atoms with van der Waals surface area (Å²) in [4.78, 5) is 0. The van der Waals surface area contributed by atoms with Crippen molar-refractivity contribution in [1.29, 1.82) is 0 Å². The molecular weight excluding hydrogens is 291 g/mol. The lowest BCUT2D eigenvalue weighted by Gasteiger charge is -2.33. The van der Waals surface area contributed by atoms with Crippen LogP contribution in [-0.4, -0.2) is 21.5 Å². The van der Waals surface area contributed by atoms with Gasteiger partial charge in [0.1, 0.15) is 0 Å². The molecule has 2 nitrogen and oxygen atoms in total. The zero-order valence-electron chi connectivity index (χ0n) is 12.6. The van der Waals surface area contributed by atoms with Crippen molar-refractivity contribution in [1.82, 2.24) is 9.78 Å². The summed E-state index contributed by atoms with van der Waals surface area (Å²) in [6, 6.07) is 2.74. The second-order valence-corrected chi connectivity index (χ2v) is 7.07. The van der Waals surface area contributed by atoms with Gasteiger partial charge in [-0.2, -0.15) is 5.10 Å². The molecule has 0 N–H and O–H groups in total. The van der Waals surface area contributed by atoms with E-state index in [1.165, 1.54) is 32.1 Å². The molecular formula is C16H26Cl2N2. The molecule has 1 aliphatic carbocycles. The molecule has 0 bridgehead atoms. The van der Waals surface area contributed by atoms with Crippen LogP contribution in [0.3, 0.4) is 0 Å². The monoisotopic (exact) mass is 316 g/mol. The summed E-state index contributed by atoms with van der Waals surface area (Å²) < 4.78 is 2.17. The molecule has 1 heterocycles. The standard InChI is InChI=1S/C16H26Cl2N2/c1-13(2)16(11-17,12-18)10-14-8-9-20(19-14)15-6-4-3-5-7-15/h8-9,13,15H,3-7,10-12H2,1-2H3. The lowest BCUT2D eigenvalue weighted by Crippen LogP contribution is -2.34. The Labute approximate surface area is 132 Å². The Balaban J connectivity index is 2.08.